The van der Waals surface area contributed by atoms with Gasteiger partial charge in [-0.15, -0.1) is 11.8 Å². The Morgan fingerprint density at radius 2 is 2.00 bits per heavy atom. The van der Waals surface area contributed by atoms with E-state index in [1.54, 1.807) is 0 Å². The smallest absolute Gasteiger partial charge is 0.105 e. The molecule has 0 amide bonds. The van der Waals surface area contributed by atoms with Crippen LogP contribution in [0.15, 0.2) is 12.2 Å². The summed E-state index contributed by atoms with van der Waals surface area (Å²) in [5.74, 6) is 3.05. The number of thioether (sulfide) groups is 1. The minimum absolute atomic E-state index is 0.359. The number of allylic oxidation sites excluding steroid dienone is 2. The van der Waals surface area contributed by atoms with E-state index in [4.69, 9.17) is 4.74 Å². The number of hydrogen-bond donors (Lipinski definition) is 0. The second kappa shape index (κ2) is 8.27. The van der Waals surface area contributed by atoms with E-state index in [1.807, 2.05) is 11.8 Å². The van der Waals surface area contributed by atoms with Gasteiger partial charge in [0.05, 0.1) is 6.10 Å². The van der Waals surface area contributed by atoms with Crippen LogP contribution in [0, 0.1) is 17.8 Å². The van der Waals surface area contributed by atoms with E-state index >= 15 is 0 Å². The molecule has 1 nitrogen and oxygen atoms in total. The van der Waals surface area contributed by atoms with Crippen LogP contribution in [0.4, 0.5) is 0 Å². The first-order chi connectivity index (χ1) is 8.56. The summed E-state index contributed by atoms with van der Waals surface area (Å²) in [4.78, 5) is 0. The first-order valence-electron chi connectivity index (χ1n) is 7.48. The highest BCUT2D eigenvalue weighted by molar-refractivity contribution is 7.99. The molecule has 0 radical (unpaired) electrons. The average molecular weight is 270 g/mol. The van der Waals surface area contributed by atoms with Crippen LogP contribution in [0.1, 0.15) is 53.9 Å². The average Bonchev–Trinajstić information content (AvgIpc) is 2.35. The van der Waals surface area contributed by atoms with E-state index in [9.17, 15) is 0 Å². The molecule has 2 heteroatoms. The van der Waals surface area contributed by atoms with Crippen molar-refractivity contribution in [3.63, 3.8) is 0 Å². The summed E-state index contributed by atoms with van der Waals surface area (Å²) in [6.07, 6.45) is 8.63. The summed E-state index contributed by atoms with van der Waals surface area (Å²) in [7, 11) is 0. The third-order valence-electron chi connectivity index (χ3n) is 3.84. The normalized spacial score (nSPS) is 34.2. The molecule has 0 saturated heterocycles. The standard InChI is InChI=1S/C16H30OS/c1-6-13(4)15-14(5)10-8-7-9-11-18-16(17-15)12(2)3/h7-8,12-16H,6,9-11H2,1-5H3/b8-7+. The first-order valence-corrected chi connectivity index (χ1v) is 8.53. The van der Waals surface area contributed by atoms with Gasteiger partial charge in [-0.3, -0.25) is 0 Å². The van der Waals surface area contributed by atoms with E-state index < -0.39 is 0 Å². The molecule has 0 N–H and O–H groups in total. The summed E-state index contributed by atoms with van der Waals surface area (Å²) in [6, 6.07) is 0. The van der Waals surface area contributed by atoms with Crippen molar-refractivity contribution in [3.8, 4) is 0 Å². The van der Waals surface area contributed by atoms with Gasteiger partial charge < -0.3 is 4.74 Å². The number of ether oxygens (including phenoxy) is 1. The zero-order valence-corrected chi connectivity index (χ0v) is 13.5. The predicted molar refractivity (Wildman–Crippen MR) is 83.0 cm³/mol. The molecule has 4 atom stereocenters. The molecule has 1 aliphatic heterocycles. The van der Waals surface area contributed by atoms with Crippen LogP contribution < -0.4 is 0 Å². The molecule has 0 fully saturated rings. The van der Waals surface area contributed by atoms with Gasteiger partial charge in [0.25, 0.3) is 0 Å². The van der Waals surface area contributed by atoms with Crippen molar-refractivity contribution in [3.05, 3.63) is 12.2 Å². The maximum atomic E-state index is 6.48. The molecule has 0 bridgehead atoms. The SMILES string of the molecule is CCC(C)C1OC(C(C)C)SCC/C=C/CC1C. The Balaban J connectivity index is 2.78. The molecule has 4 unspecified atom stereocenters. The van der Waals surface area contributed by atoms with Gasteiger partial charge in [0.2, 0.25) is 0 Å². The molecule has 0 aliphatic carbocycles. The first kappa shape index (κ1) is 16.1. The van der Waals surface area contributed by atoms with Gasteiger partial charge in [-0.05, 0) is 36.3 Å². The van der Waals surface area contributed by atoms with Crippen LogP contribution in [0.5, 0.6) is 0 Å². The van der Waals surface area contributed by atoms with Gasteiger partial charge in [0.15, 0.2) is 0 Å². The fourth-order valence-electron chi connectivity index (χ4n) is 2.42. The molecule has 0 saturated carbocycles. The fraction of sp³-hybridized carbons (Fsp3) is 0.875. The van der Waals surface area contributed by atoms with Crippen molar-refractivity contribution < 1.29 is 4.74 Å². The van der Waals surface area contributed by atoms with Crippen LogP contribution in [-0.4, -0.2) is 17.3 Å². The fourth-order valence-corrected chi connectivity index (χ4v) is 3.52. The topological polar surface area (TPSA) is 9.23 Å². The van der Waals surface area contributed by atoms with Gasteiger partial charge in [-0.1, -0.05) is 53.2 Å². The summed E-state index contributed by atoms with van der Waals surface area (Å²) >= 11 is 1.99. The van der Waals surface area contributed by atoms with Gasteiger partial charge in [0.1, 0.15) is 5.44 Å². The van der Waals surface area contributed by atoms with Crippen molar-refractivity contribution in [2.75, 3.05) is 5.75 Å². The van der Waals surface area contributed by atoms with E-state index in [1.165, 1.54) is 18.6 Å². The number of rotatable bonds is 3. The zero-order chi connectivity index (χ0) is 13.5. The van der Waals surface area contributed by atoms with E-state index in [-0.39, 0.29) is 0 Å². The molecular formula is C16H30OS. The van der Waals surface area contributed by atoms with Gasteiger partial charge >= 0.3 is 0 Å². The maximum absolute atomic E-state index is 6.48. The van der Waals surface area contributed by atoms with Crippen LogP contribution in [0.3, 0.4) is 0 Å². The molecule has 18 heavy (non-hydrogen) atoms. The largest absolute Gasteiger partial charge is 0.364 e. The summed E-state index contributed by atoms with van der Waals surface area (Å²) < 4.78 is 6.48. The Labute approximate surface area is 118 Å². The van der Waals surface area contributed by atoms with Crippen LogP contribution in [0.25, 0.3) is 0 Å². The zero-order valence-electron chi connectivity index (χ0n) is 12.7. The summed E-state index contributed by atoms with van der Waals surface area (Å²) in [5, 5.41) is 0. The van der Waals surface area contributed by atoms with Crippen molar-refractivity contribution in [1.29, 1.82) is 0 Å². The Morgan fingerprint density at radius 3 is 2.61 bits per heavy atom. The predicted octanol–water partition coefficient (Wildman–Crippen LogP) is 5.12. The van der Waals surface area contributed by atoms with Crippen molar-refractivity contribution in [2.45, 2.75) is 65.4 Å². The molecule has 1 heterocycles. The lowest BCUT2D eigenvalue weighted by Gasteiger charge is -2.34. The van der Waals surface area contributed by atoms with Crippen molar-refractivity contribution in [1.82, 2.24) is 0 Å². The number of hydrogen-bond acceptors (Lipinski definition) is 2. The molecule has 0 spiro atoms. The lowest BCUT2D eigenvalue weighted by atomic mass is 9.89. The second-order valence-electron chi connectivity index (χ2n) is 5.94. The lowest BCUT2D eigenvalue weighted by Crippen LogP contribution is -2.34. The second-order valence-corrected chi connectivity index (χ2v) is 7.15. The molecule has 1 aliphatic rings. The molecule has 1 rings (SSSR count). The lowest BCUT2D eigenvalue weighted by molar-refractivity contribution is -0.0458. The summed E-state index contributed by atoms with van der Waals surface area (Å²) in [5.41, 5.74) is 0.359. The van der Waals surface area contributed by atoms with Gasteiger partial charge in [-0.2, -0.15) is 0 Å². The molecular weight excluding hydrogens is 240 g/mol. The van der Waals surface area contributed by atoms with E-state index in [0.29, 0.717) is 29.3 Å². The van der Waals surface area contributed by atoms with Crippen molar-refractivity contribution in [2.24, 2.45) is 17.8 Å². The van der Waals surface area contributed by atoms with Crippen molar-refractivity contribution >= 4 is 11.8 Å². The Kier molecular flexibility index (Phi) is 7.40. The minimum atomic E-state index is 0.359. The summed E-state index contributed by atoms with van der Waals surface area (Å²) in [6.45, 7) is 11.5. The molecule has 0 aromatic rings. The van der Waals surface area contributed by atoms with Crippen LogP contribution in [0.2, 0.25) is 0 Å². The third kappa shape index (κ3) is 4.97. The quantitative estimate of drug-likeness (QED) is 0.658. The monoisotopic (exact) mass is 270 g/mol. The van der Waals surface area contributed by atoms with E-state index in [2.05, 4.69) is 46.8 Å². The van der Waals surface area contributed by atoms with E-state index in [0.717, 1.165) is 6.42 Å². The molecule has 0 aromatic heterocycles. The van der Waals surface area contributed by atoms with Crippen LogP contribution in [-0.2, 0) is 4.74 Å². The highest BCUT2D eigenvalue weighted by Gasteiger charge is 2.28. The van der Waals surface area contributed by atoms with Crippen LogP contribution >= 0.6 is 11.8 Å². The maximum Gasteiger partial charge on any atom is 0.105 e. The highest BCUT2D eigenvalue weighted by atomic mass is 32.2. The van der Waals surface area contributed by atoms with Gasteiger partial charge in [0, 0.05) is 0 Å². The minimum Gasteiger partial charge on any atom is -0.364 e. The molecule has 0 aromatic carbocycles. The molecule has 106 valence electrons. The Morgan fingerprint density at radius 1 is 1.28 bits per heavy atom. The Bertz CT molecular complexity index is 249. The third-order valence-corrected chi connectivity index (χ3v) is 5.30. The highest BCUT2D eigenvalue weighted by Crippen LogP contribution is 2.31. The Hall–Kier alpha value is 0.0500. The van der Waals surface area contributed by atoms with Gasteiger partial charge in [-0.25, -0.2) is 0 Å².